The van der Waals surface area contributed by atoms with Gasteiger partial charge < -0.3 is 15.0 Å². The maximum absolute atomic E-state index is 12.3. The van der Waals surface area contributed by atoms with Gasteiger partial charge in [-0.05, 0) is 30.7 Å². The summed E-state index contributed by atoms with van der Waals surface area (Å²) in [5.74, 6) is -0.606. The van der Waals surface area contributed by atoms with Gasteiger partial charge in [0.2, 0.25) is 5.91 Å². The fraction of sp³-hybridized carbons (Fsp3) is 0.350. The summed E-state index contributed by atoms with van der Waals surface area (Å²) >= 11 is 0. The third kappa shape index (κ3) is 3.72. The van der Waals surface area contributed by atoms with Crippen LogP contribution in [0.4, 0.5) is 5.69 Å². The second kappa shape index (κ2) is 7.65. The molecule has 2 heterocycles. The van der Waals surface area contributed by atoms with Gasteiger partial charge in [-0.1, -0.05) is 26.3 Å². The number of carbonyl (C=O) groups excluding carboxylic acids is 2. The van der Waals surface area contributed by atoms with Crippen LogP contribution >= 0.6 is 0 Å². The molecular weight excluding hydrogens is 344 g/mol. The summed E-state index contributed by atoms with van der Waals surface area (Å²) in [4.78, 5) is 24.4. The lowest BCUT2D eigenvalue weighted by molar-refractivity contribution is -0.126. The summed E-state index contributed by atoms with van der Waals surface area (Å²) in [6.07, 6.45) is 3.47. The van der Waals surface area contributed by atoms with Crippen molar-refractivity contribution in [1.29, 1.82) is 0 Å². The highest BCUT2D eigenvalue weighted by molar-refractivity contribution is 6.08. The number of aryl methyl sites for hydroxylation is 1. The maximum atomic E-state index is 12.3. The van der Waals surface area contributed by atoms with Crippen molar-refractivity contribution in [3.05, 3.63) is 47.8 Å². The van der Waals surface area contributed by atoms with Crippen molar-refractivity contribution >= 4 is 23.2 Å². The van der Waals surface area contributed by atoms with Crippen molar-refractivity contribution < 1.29 is 14.7 Å². The second-order valence-electron chi connectivity index (χ2n) is 6.85. The minimum atomic E-state index is -0.302. The molecule has 0 spiro atoms. The molecule has 27 heavy (non-hydrogen) atoms. The number of anilines is 1. The van der Waals surface area contributed by atoms with Crippen molar-refractivity contribution in [2.45, 2.75) is 26.7 Å². The van der Waals surface area contributed by atoms with Crippen LogP contribution in [-0.2, 0) is 11.8 Å². The van der Waals surface area contributed by atoms with E-state index in [9.17, 15) is 14.7 Å². The van der Waals surface area contributed by atoms with Crippen LogP contribution in [0.3, 0.4) is 0 Å². The van der Waals surface area contributed by atoms with Gasteiger partial charge >= 0.3 is 0 Å². The van der Waals surface area contributed by atoms with Gasteiger partial charge in [-0.15, -0.1) is 0 Å². The van der Waals surface area contributed by atoms with E-state index in [0.717, 1.165) is 24.1 Å². The molecule has 3 rings (SSSR count). The van der Waals surface area contributed by atoms with Crippen LogP contribution in [0.15, 0.2) is 41.6 Å². The topological polar surface area (TPSA) is 95.7 Å². The average molecular weight is 368 g/mol. The Kier molecular flexibility index (Phi) is 5.30. The van der Waals surface area contributed by atoms with Gasteiger partial charge in [0.05, 0.1) is 11.4 Å². The van der Waals surface area contributed by atoms with Crippen molar-refractivity contribution in [1.82, 2.24) is 9.99 Å². The fourth-order valence-electron chi connectivity index (χ4n) is 3.42. The van der Waals surface area contributed by atoms with Gasteiger partial charge in [-0.25, -0.2) is 5.43 Å². The Labute approximate surface area is 158 Å². The van der Waals surface area contributed by atoms with Crippen molar-refractivity contribution in [3.63, 3.8) is 0 Å². The molecule has 0 fully saturated rings. The first-order chi connectivity index (χ1) is 12.9. The summed E-state index contributed by atoms with van der Waals surface area (Å²) in [6, 6.07) is 8.48. The predicted octanol–water partition coefficient (Wildman–Crippen LogP) is 2.87. The number of hydrogen-bond acceptors (Lipinski definition) is 4. The molecule has 0 saturated heterocycles. The summed E-state index contributed by atoms with van der Waals surface area (Å²) < 4.78 is 1.70. The van der Waals surface area contributed by atoms with Gasteiger partial charge in [-0.2, -0.15) is 5.10 Å². The van der Waals surface area contributed by atoms with E-state index in [4.69, 9.17) is 0 Å². The molecule has 1 aliphatic rings. The van der Waals surface area contributed by atoms with Crippen molar-refractivity contribution in [3.8, 4) is 5.75 Å². The number of phenols is 1. The SMILES string of the molecule is CCCC1C(=O)NN=C(c2ccc(NC(=O)c3cccn3C)c(O)c2)C1C. The summed E-state index contributed by atoms with van der Waals surface area (Å²) in [7, 11) is 1.78. The Morgan fingerprint density at radius 1 is 1.37 bits per heavy atom. The first kappa shape index (κ1) is 18.7. The first-order valence-corrected chi connectivity index (χ1v) is 9.05. The zero-order valence-corrected chi connectivity index (χ0v) is 15.7. The number of amides is 2. The second-order valence-corrected chi connectivity index (χ2v) is 6.85. The average Bonchev–Trinajstić information content (AvgIpc) is 3.06. The number of carbonyl (C=O) groups is 2. The van der Waals surface area contributed by atoms with Gasteiger partial charge in [0.1, 0.15) is 11.4 Å². The molecule has 142 valence electrons. The minimum absolute atomic E-state index is 0.0473. The molecule has 2 amide bonds. The number of hydrogen-bond donors (Lipinski definition) is 3. The summed E-state index contributed by atoms with van der Waals surface area (Å²) in [5.41, 5.74) is 4.84. The van der Waals surface area contributed by atoms with E-state index in [1.807, 2.05) is 13.8 Å². The van der Waals surface area contributed by atoms with Crippen molar-refractivity contribution in [2.75, 3.05) is 5.32 Å². The van der Waals surface area contributed by atoms with Crippen LogP contribution in [0.2, 0.25) is 0 Å². The lowest BCUT2D eigenvalue weighted by atomic mass is 9.82. The molecule has 2 atom stereocenters. The monoisotopic (exact) mass is 368 g/mol. The summed E-state index contributed by atoms with van der Waals surface area (Å²) in [6.45, 7) is 4.02. The molecule has 1 aromatic heterocycles. The van der Waals surface area contributed by atoms with E-state index < -0.39 is 0 Å². The highest BCUT2D eigenvalue weighted by Gasteiger charge is 2.32. The van der Waals surface area contributed by atoms with Gasteiger partial charge in [0.25, 0.3) is 5.91 Å². The number of hydrazone groups is 1. The van der Waals surface area contributed by atoms with Crippen LogP contribution in [0, 0.1) is 11.8 Å². The molecule has 1 aromatic carbocycles. The van der Waals surface area contributed by atoms with E-state index in [0.29, 0.717) is 11.4 Å². The molecule has 0 radical (unpaired) electrons. The third-order valence-corrected chi connectivity index (χ3v) is 4.98. The van der Waals surface area contributed by atoms with E-state index in [1.165, 1.54) is 0 Å². The van der Waals surface area contributed by atoms with Crippen molar-refractivity contribution in [2.24, 2.45) is 24.0 Å². The van der Waals surface area contributed by atoms with Gasteiger partial charge in [0, 0.05) is 30.6 Å². The van der Waals surface area contributed by atoms with Crippen LogP contribution in [0.25, 0.3) is 0 Å². The lowest BCUT2D eigenvalue weighted by Crippen LogP contribution is -2.41. The molecule has 3 N–H and O–H groups in total. The first-order valence-electron chi connectivity index (χ1n) is 9.05. The molecule has 0 bridgehead atoms. The number of nitrogens with zero attached hydrogens (tertiary/aromatic N) is 2. The standard InChI is InChI=1S/C20H24N4O3/c1-4-6-14-12(2)18(22-23-19(14)26)13-8-9-15(17(25)11-13)21-20(27)16-7-5-10-24(16)3/h5,7-12,14,25H,4,6H2,1-3H3,(H,21,27)(H,23,26). The third-order valence-electron chi connectivity index (χ3n) is 4.98. The highest BCUT2D eigenvalue weighted by atomic mass is 16.3. The number of nitrogens with one attached hydrogen (secondary N) is 2. The van der Waals surface area contributed by atoms with Crippen LogP contribution in [-0.4, -0.2) is 27.2 Å². The Hall–Kier alpha value is -3.09. The van der Waals surface area contributed by atoms with E-state index in [1.54, 1.807) is 48.1 Å². The van der Waals surface area contributed by atoms with Gasteiger partial charge in [-0.3, -0.25) is 9.59 Å². The number of rotatable bonds is 5. The number of aromatic hydroxyl groups is 1. The quantitative estimate of drug-likeness (QED) is 0.708. The minimum Gasteiger partial charge on any atom is -0.506 e. The van der Waals surface area contributed by atoms with Crippen LogP contribution in [0.1, 0.15) is 42.7 Å². The van der Waals surface area contributed by atoms with Gasteiger partial charge in [0.15, 0.2) is 0 Å². The smallest absolute Gasteiger partial charge is 0.272 e. The Morgan fingerprint density at radius 3 is 2.78 bits per heavy atom. The Balaban J connectivity index is 1.81. The highest BCUT2D eigenvalue weighted by Crippen LogP contribution is 2.30. The predicted molar refractivity (Wildman–Crippen MR) is 104 cm³/mol. The fourth-order valence-corrected chi connectivity index (χ4v) is 3.42. The molecule has 2 aromatic rings. The molecular formula is C20H24N4O3. The molecule has 2 unspecified atom stereocenters. The molecule has 7 heteroatoms. The Bertz CT molecular complexity index is 900. The molecule has 0 saturated carbocycles. The largest absolute Gasteiger partial charge is 0.506 e. The van der Waals surface area contributed by atoms with E-state index >= 15 is 0 Å². The number of phenolic OH excluding ortho intramolecular Hbond substituents is 1. The maximum Gasteiger partial charge on any atom is 0.272 e. The van der Waals surface area contributed by atoms with E-state index in [-0.39, 0.29) is 29.4 Å². The van der Waals surface area contributed by atoms with E-state index in [2.05, 4.69) is 15.8 Å². The molecule has 7 nitrogen and oxygen atoms in total. The Morgan fingerprint density at radius 2 is 2.15 bits per heavy atom. The zero-order chi connectivity index (χ0) is 19.6. The van der Waals surface area contributed by atoms with Crippen LogP contribution in [0.5, 0.6) is 5.75 Å². The lowest BCUT2D eigenvalue weighted by Gasteiger charge is -2.28. The molecule has 0 aliphatic carbocycles. The molecule has 1 aliphatic heterocycles. The summed E-state index contributed by atoms with van der Waals surface area (Å²) in [5, 5.41) is 17.3. The number of benzene rings is 1. The van der Waals surface area contributed by atoms with Crippen LogP contribution < -0.4 is 10.7 Å². The number of aromatic nitrogens is 1. The normalized spacial score (nSPS) is 19.4. The zero-order valence-electron chi connectivity index (χ0n) is 15.7.